The van der Waals surface area contributed by atoms with Crippen LogP contribution in [-0.4, -0.2) is 80.3 Å². The SMILES string of the molecule is CCCNC(=O)CCOCCOCCOCCOCCn1cc(-c2ccc(C)cc2)nn1. The Kier molecular flexibility index (Phi) is 13.2. The maximum atomic E-state index is 11.4. The van der Waals surface area contributed by atoms with Crippen molar-refractivity contribution >= 4 is 5.91 Å². The number of ether oxygens (including phenoxy) is 4. The number of rotatable bonds is 18. The summed E-state index contributed by atoms with van der Waals surface area (Å²) in [6, 6.07) is 8.22. The van der Waals surface area contributed by atoms with Gasteiger partial charge in [0.25, 0.3) is 0 Å². The first kappa shape index (κ1) is 25.9. The van der Waals surface area contributed by atoms with Gasteiger partial charge in [-0.15, -0.1) is 5.10 Å². The molecule has 0 fully saturated rings. The van der Waals surface area contributed by atoms with Crippen LogP contribution < -0.4 is 5.32 Å². The molecule has 1 aromatic heterocycles. The Labute approximate surface area is 190 Å². The molecule has 1 heterocycles. The number of hydrogen-bond acceptors (Lipinski definition) is 7. The van der Waals surface area contributed by atoms with E-state index < -0.39 is 0 Å². The van der Waals surface area contributed by atoms with Gasteiger partial charge in [0, 0.05) is 18.5 Å². The van der Waals surface area contributed by atoms with Crippen LogP contribution in [0.4, 0.5) is 0 Å². The minimum atomic E-state index is 0.0247. The van der Waals surface area contributed by atoms with Crippen molar-refractivity contribution in [2.45, 2.75) is 33.2 Å². The maximum Gasteiger partial charge on any atom is 0.222 e. The van der Waals surface area contributed by atoms with E-state index in [9.17, 15) is 4.79 Å². The van der Waals surface area contributed by atoms with E-state index in [2.05, 4.69) is 34.7 Å². The first-order valence-electron chi connectivity index (χ1n) is 11.2. The van der Waals surface area contributed by atoms with Gasteiger partial charge in [-0.1, -0.05) is 42.0 Å². The van der Waals surface area contributed by atoms with Crippen molar-refractivity contribution in [2.75, 3.05) is 59.4 Å². The summed E-state index contributed by atoms with van der Waals surface area (Å²) < 4.78 is 23.6. The number of amides is 1. The third-order valence-corrected chi connectivity index (χ3v) is 4.51. The van der Waals surface area contributed by atoms with E-state index in [4.69, 9.17) is 18.9 Å². The Morgan fingerprint density at radius 1 is 0.906 bits per heavy atom. The molecule has 0 unspecified atom stereocenters. The molecule has 9 nitrogen and oxygen atoms in total. The van der Waals surface area contributed by atoms with Crippen molar-refractivity contribution in [2.24, 2.45) is 0 Å². The van der Waals surface area contributed by atoms with Crippen LogP contribution in [0, 0.1) is 6.92 Å². The summed E-state index contributed by atoms with van der Waals surface area (Å²) in [7, 11) is 0. The molecule has 0 bridgehead atoms. The van der Waals surface area contributed by atoms with Crippen molar-refractivity contribution in [1.82, 2.24) is 20.3 Å². The highest BCUT2D eigenvalue weighted by Crippen LogP contribution is 2.16. The lowest BCUT2D eigenvalue weighted by Gasteiger charge is -2.08. The van der Waals surface area contributed by atoms with Crippen molar-refractivity contribution in [3.05, 3.63) is 36.0 Å². The molecule has 1 N–H and O–H groups in total. The summed E-state index contributed by atoms with van der Waals surface area (Å²) in [5, 5.41) is 11.2. The quantitative estimate of drug-likeness (QED) is 0.349. The predicted octanol–water partition coefficient (Wildman–Crippen LogP) is 2.24. The van der Waals surface area contributed by atoms with Crippen LogP contribution in [0.3, 0.4) is 0 Å². The lowest BCUT2D eigenvalue weighted by atomic mass is 10.1. The highest BCUT2D eigenvalue weighted by atomic mass is 16.6. The number of carbonyl (C=O) groups is 1. The first-order chi connectivity index (χ1) is 15.7. The first-order valence-corrected chi connectivity index (χ1v) is 11.2. The fourth-order valence-corrected chi connectivity index (χ4v) is 2.70. The number of carbonyl (C=O) groups excluding carboxylic acids is 1. The molecule has 0 radical (unpaired) electrons. The molecule has 32 heavy (non-hydrogen) atoms. The number of hydrogen-bond donors (Lipinski definition) is 1. The Morgan fingerprint density at radius 3 is 2.12 bits per heavy atom. The van der Waals surface area contributed by atoms with Crippen molar-refractivity contribution in [3.8, 4) is 11.3 Å². The zero-order valence-corrected chi connectivity index (χ0v) is 19.3. The minimum Gasteiger partial charge on any atom is -0.379 e. The van der Waals surface area contributed by atoms with Gasteiger partial charge in [-0.25, -0.2) is 4.68 Å². The average molecular weight is 449 g/mol. The lowest BCUT2D eigenvalue weighted by molar-refractivity contribution is -0.122. The van der Waals surface area contributed by atoms with Crippen LogP contribution in [0.5, 0.6) is 0 Å². The summed E-state index contributed by atoms with van der Waals surface area (Å²) in [5.74, 6) is 0.0247. The van der Waals surface area contributed by atoms with Crippen LogP contribution in [0.25, 0.3) is 11.3 Å². The van der Waals surface area contributed by atoms with Crippen molar-refractivity contribution < 1.29 is 23.7 Å². The number of aryl methyl sites for hydroxylation is 1. The third-order valence-electron chi connectivity index (χ3n) is 4.51. The van der Waals surface area contributed by atoms with E-state index in [1.54, 1.807) is 4.68 Å². The Balaban J connectivity index is 1.36. The molecule has 2 aromatic rings. The summed E-state index contributed by atoms with van der Waals surface area (Å²) in [4.78, 5) is 11.4. The zero-order valence-electron chi connectivity index (χ0n) is 19.3. The fourth-order valence-electron chi connectivity index (χ4n) is 2.70. The Bertz CT molecular complexity index is 751. The van der Waals surface area contributed by atoms with Gasteiger partial charge in [0.1, 0.15) is 5.69 Å². The highest BCUT2D eigenvalue weighted by molar-refractivity contribution is 5.75. The zero-order chi connectivity index (χ0) is 22.9. The molecule has 0 aliphatic rings. The van der Waals surface area contributed by atoms with Gasteiger partial charge >= 0.3 is 0 Å². The topological polar surface area (TPSA) is 96.7 Å². The third kappa shape index (κ3) is 11.3. The van der Waals surface area contributed by atoms with E-state index in [-0.39, 0.29) is 5.91 Å². The van der Waals surface area contributed by atoms with Gasteiger partial charge in [0.2, 0.25) is 5.91 Å². The predicted molar refractivity (Wildman–Crippen MR) is 121 cm³/mol. The van der Waals surface area contributed by atoms with Crippen molar-refractivity contribution in [3.63, 3.8) is 0 Å². The molecule has 2 rings (SSSR count). The molecule has 1 amide bonds. The molecule has 0 spiro atoms. The standard InChI is InChI=1S/C23H36N4O5/c1-3-9-24-23(28)8-11-29-13-15-31-17-18-32-16-14-30-12-10-27-19-22(25-26-27)21-6-4-20(2)5-7-21/h4-7,19H,3,8-18H2,1-2H3,(H,24,28). The Morgan fingerprint density at radius 2 is 1.50 bits per heavy atom. The van der Waals surface area contributed by atoms with E-state index in [0.717, 1.165) is 17.7 Å². The summed E-state index contributed by atoms with van der Waals surface area (Å²) >= 11 is 0. The molecule has 0 atom stereocenters. The van der Waals surface area contributed by atoms with Gasteiger partial charge in [0.05, 0.1) is 65.6 Å². The highest BCUT2D eigenvalue weighted by Gasteiger charge is 2.03. The smallest absolute Gasteiger partial charge is 0.222 e. The minimum absolute atomic E-state index is 0.0247. The second kappa shape index (κ2) is 16.3. The van der Waals surface area contributed by atoms with Crippen LogP contribution in [0.1, 0.15) is 25.3 Å². The van der Waals surface area contributed by atoms with Gasteiger partial charge in [-0.2, -0.15) is 0 Å². The second-order valence-corrected chi connectivity index (χ2v) is 7.28. The summed E-state index contributed by atoms with van der Waals surface area (Å²) in [6.07, 6.45) is 3.24. The molecule has 1 aromatic carbocycles. The molecule has 0 aliphatic carbocycles. The van der Waals surface area contributed by atoms with Crippen LogP contribution in [0.15, 0.2) is 30.5 Å². The van der Waals surface area contributed by atoms with Gasteiger partial charge in [0.15, 0.2) is 0 Å². The summed E-state index contributed by atoms with van der Waals surface area (Å²) in [5.41, 5.74) is 3.13. The largest absolute Gasteiger partial charge is 0.379 e. The van der Waals surface area contributed by atoms with Crippen molar-refractivity contribution in [1.29, 1.82) is 0 Å². The van der Waals surface area contributed by atoms with Gasteiger partial charge < -0.3 is 24.3 Å². The lowest BCUT2D eigenvalue weighted by Crippen LogP contribution is -2.25. The average Bonchev–Trinajstić information content (AvgIpc) is 3.27. The van der Waals surface area contributed by atoms with Crippen LogP contribution in [0.2, 0.25) is 0 Å². The molecular weight excluding hydrogens is 412 g/mol. The van der Waals surface area contributed by atoms with Gasteiger partial charge in [-0.05, 0) is 13.3 Å². The van der Waals surface area contributed by atoms with E-state index >= 15 is 0 Å². The number of aromatic nitrogens is 3. The molecule has 0 saturated carbocycles. The monoisotopic (exact) mass is 448 g/mol. The molecule has 9 heteroatoms. The number of nitrogens with zero attached hydrogens (tertiary/aromatic N) is 3. The molecular formula is C23H36N4O5. The normalized spacial score (nSPS) is 11.1. The maximum absolute atomic E-state index is 11.4. The molecule has 0 aliphatic heterocycles. The van der Waals surface area contributed by atoms with Gasteiger partial charge in [-0.3, -0.25) is 4.79 Å². The number of nitrogens with one attached hydrogen (secondary N) is 1. The van der Waals surface area contributed by atoms with Crippen LogP contribution >= 0.6 is 0 Å². The molecule has 0 saturated heterocycles. The second-order valence-electron chi connectivity index (χ2n) is 7.28. The Hall–Kier alpha value is -2.33. The fraction of sp³-hybridized carbons (Fsp3) is 0.609. The van der Waals surface area contributed by atoms with E-state index in [0.29, 0.717) is 72.4 Å². The summed E-state index contributed by atoms with van der Waals surface area (Å²) in [6.45, 7) is 9.38. The molecule has 178 valence electrons. The van der Waals surface area contributed by atoms with E-state index in [1.807, 2.05) is 25.3 Å². The van der Waals surface area contributed by atoms with E-state index in [1.165, 1.54) is 5.56 Å². The van der Waals surface area contributed by atoms with Crippen LogP contribution in [-0.2, 0) is 30.3 Å². The number of benzene rings is 1.